The summed E-state index contributed by atoms with van der Waals surface area (Å²) in [6, 6.07) is 11.4. The number of carbonyl (C=O) groups excluding carboxylic acids is 2. The number of nitrogens with zero attached hydrogens (tertiary/aromatic N) is 2. The predicted molar refractivity (Wildman–Crippen MR) is 96.0 cm³/mol. The van der Waals surface area contributed by atoms with Crippen LogP contribution in [0.2, 0.25) is 0 Å². The van der Waals surface area contributed by atoms with Gasteiger partial charge in [0.2, 0.25) is 5.91 Å². The highest BCUT2D eigenvalue weighted by molar-refractivity contribution is 5.93. The van der Waals surface area contributed by atoms with Crippen molar-refractivity contribution in [3.63, 3.8) is 0 Å². The number of nitrogens with one attached hydrogen (secondary N) is 1. The second-order valence-corrected chi connectivity index (χ2v) is 6.27. The van der Waals surface area contributed by atoms with Crippen LogP contribution in [0.3, 0.4) is 0 Å². The van der Waals surface area contributed by atoms with Gasteiger partial charge in [-0.3, -0.25) is 14.6 Å². The van der Waals surface area contributed by atoms with Crippen LogP contribution in [-0.4, -0.2) is 29.9 Å². The lowest BCUT2D eigenvalue weighted by Crippen LogP contribution is -2.41. The Balaban J connectivity index is 1.57. The van der Waals surface area contributed by atoms with Crippen LogP contribution >= 0.6 is 0 Å². The molecule has 2 aromatic rings. The van der Waals surface area contributed by atoms with E-state index in [2.05, 4.69) is 15.2 Å². The third kappa shape index (κ3) is 4.35. The van der Waals surface area contributed by atoms with Crippen molar-refractivity contribution in [2.75, 3.05) is 18.0 Å². The number of hydrogen-bond donors (Lipinski definition) is 2. The van der Waals surface area contributed by atoms with E-state index in [4.69, 9.17) is 5.73 Å². The number of nitrogens with two attached hydrogens (primary N) is 1. The van der Waals surface area contributed by atoms with E-state index in [1.54, 1.807) is 24.5 Å². The van der Waals surface area contributed by atoms with Crippen LogP contribution in [0.25, 0.3) is 0 Å². The van der Waals surface area contributed by atoms with E-state index in [-0.39, 0.29) is 17.7 Å². The Morgan fingerprint density at radius 3 is 2.56 bits per heavy atom. The molecule has 1 aromatic heterocycles. The molecule has 6 heteroatoms. The van der Waals surface area contributed by atoms with Gasteiger partial charge in [0.15, 0.2) is 0 Å². The van der Waals surface area contributed by atoms with E-state index in [1.807, 2.05) is 24.3 Å². The lowest BCUT2D eigenvalue weighted by Gasteiger charge is -2.33. The fraction of sp³-hybridized carbons (Fsp3) is 0.316. The molecule has 1 unspecified atom stereocenters. The average molecular weight is 338 g/mol. The summed E-state index contributed by atoms with van der Waals surface area (Å²) in [6.45, 7) is 2.07. The highest BCUT2D eigenvalue weighted by Crippen LogP contribution is 2.23. The first-order valence-electron chi connectivity index (χ1n) is 8.45. The van der Waals surface area contributed by atoms with Gasteiger partial charge in [0, 0.05) is 43.3 Å². The Kier molecular flexibility index (Phi) is 5.28. The van der Waals surface area contributed by atoms with Crippen LogP contribution in [0.15, 0.2) is 48.8 Å². The van der Waals surface area contributed by atoms with Crippen LogP contribution in [-0.2, 0) is 11.3 Å². The summed E-state index contributed by atoms with van der Waals surface area (Å²) in [5.74, 6) is -0.417. The van der Waals surface area contributed by atoms with E-state index in [0.29, 0.717) is 18.7 Å². The second kappa shape index (κ2) is 7.79. The topological polar surface area (TPSA) is 88.3 Å². The third-order valence-electron chi connectivity index (χ3n) is 4.52. The third-order valence-corrected chi connectivity index (χ3v) is 4.52. The van der Waals surface area contributed by atoms with Crippen LogP contribution in [0, 0.1) is 5.92 Å². The van der Waals surface area contributed by atoms with Crippen molar-refractivity contribution in [3.05, 3.63) is 59.9 Å². The molecule has 1 fully saturated rings. The molecule has 130 valence electrons. The van der Waals surface area contributed by atoms with Crippen molar-refractivity contribution in [1.29, 1.82) is 0 Å². The molecule has 6 nitrogen and oxygen atoms in total. The largest absolute Gasteiger partial charge is 0.371 e. The number of carbonyl (C=O) groups is 2. The van der Waals surface area contributed by atoms with Crippen LogP contribution in [0.5, 0.6) is 0 Å². The van der Waals surface area contributed by atoms with Crippen molar-refractivity contribution >= 4 is 17.5 Å². The first-order chi connectivity index (χ1) is 12.1. The lowest BCUT2D eigenvalue weighted by atomic mass is 9.97. The zero-order chi connectivity index (χ0) is 17.6. The number of primary amides is 1. The van der Waals surface area contributed by atoms with E-state index in [1.165, 1.54) is 0 Å². The standard InChI is InChI=1S/C19H22N4O2/c20-18(24)16-2-1-11-23(13-16)17-5-3-14(4-6-17)12-22-19(25)15-7-9-21-10-8-15/h3-10,16H,1-2,11-13H2,(H2,20,24)(H,22,25). The maximum absolute atomic E-state index is 12.0. The van der Waals surface area contributed by atoms with Gasteiger partial charge in [-0.2, -0.15) is 0 Å². The average Bonchev–Trinajstić information content (AvgIpc) is 2.67. The molecular formula is C19H22N4O2. The normalized spacial score (nSPS) is 17.1. The van der Waals surface area contributed by atoms with Gasteiger partial charge in [-0.25, -0.2) is 0 Å². The molecule has 0 spiro atoms. The van der Waals surface area contributed by atoms with Gasteiger partial charge >= 0.3 is 0 Å². The van der Waals surface area contributed by atoms with Gasteiger partial charge in [0.05, 0.1) is 5.92 Å². The number of benzene rings is 1. The monoisotopic (exact) mass is 338 g/mol. The maximum Gasteiger partial charge on any atom is 0.251 e. The molecule has 25 heavy (non-hydrogen) atoms. The maximum atomic E-state index is 12.0. The Morgan fingerprint density at radius 1 is 1.16 bits per heavy atom. The minimum atomic E-state index is -0.222. The Hall–Kier alpha value is -2.89. The summed E-state index contributed by atoms with van der Waals surface area (Å²) in [5, 5.41) is 2.89. The Morgan fingerprint density at radius 2 is 1.88 bits per heavy atom. The van der Waals surface area contributed by atoms with Gasteiger partial charge in [-0.1, -0.05) is 12.1 Å². The summed E-state index contributed by atoms with van der Waals surface area (Å²) in [6.07, 6.45) is 5.03. The quantitative estimate of drug-likeness (QED) is 0.869. The summed E-state index contributed by atoms with van der Waals surface area (Å²) in [7, 11) is 0. The number of rotatable bonds is 5. The fourth-order valence-electron chi connectivity index (χ4n) is 3.06. The minimum Gasteiger partial charge on any atom is -0.371 e. The minimum absolute atomic E-state index is 0.0759. The summed E-state index contributed by atoms with van der Waals surface area (Å²) in [5.41, 5.74) is 8.13. The smallest absolute Gasteiger partial charge is 0.251 e. The fourth-order valence-corrected chi connectivity index (χ4v) is 3.06. The van der Waals surface area contributed by atoms with Crippen molar-refractivity contribution < 1.29 is 9.59 Å². The Labute approximate surface area is 147 Å². The number of anilines is 1. The molecule has 2 heterocycles. The summed E-state index contributed by atoms with van der Waals surface area (Å²) >= 11 is 0. The van der Waals surface area contributed by atoms with Crippen molar-refractivity contribution in [1.82, 2.24) is 10.3 Å². The molecule has 1 aromatic carbocycles. The lowest BCUT2D eigenvalue weighted by molar-refractivity contribution is -0.122. The molecule has 3 N–H and O–H groups in total. The summed E-state index contributed by atoms with van der Waals surface area (Å²) in [4.78, 5) is 29.5. The number of pyridine rings is 1. The van der Waals surface area contributed by atoms with E-state index in [9.17, 15) is 9.59 Å². The molecule has 1 aliphatic rings. The molecule has 1 saturated heterocycles. The highest BCUT2D eigenvalue weighted by atomic mass is 16.2. The van der Waals surface area contributed by atoms with Crippen molar-refractivity contribution in [3.8, 4) is 0 Å². The molecule has 1 aliphatic heterocycles. The summed E-state index contributed by atoms with van der Waals surface area (Å²) < 4.78 is 0. The van der Waals surface area contributed by atoms with E-state index < -0.39 is 0 Å². The Bertz CT molecular complexity index is 731. The van der Waals surface area contributed by atoms with E-state index >= 15 is 0 Å². The molecule has 0 aliphatic carbocycles. The molecule has 1 atom stereocenters. The molecule has 2 amide bonds. The van der Waals surface area contributed by atoms with Crippen LogP contribution in [0.1, 0.15) is 28.8 Å². The highest BCUT2D eigenvalue weighted by Gasteiger charge is 2.23. The van der Waals surface area contributed by atoms with Gasteiger partial charge in [0.25, 0.3) is 5.91 Å². The van der Waals surface area contributed by atoms with Crippen LogP contribution < -0.4 is 16.0 Å². The van der Waals surface area contributed by atoms with Crippen molar-refractivity contribution in [2.24, 2.45) is 11.7 Å². The zero-order valence-electron chi connectivity index (χ0n) is 14.0. The van der Waals surface area contributed by atoms with Gasteiger partial charge in [-0.15, -0.1) is 0 Å². The molecule has 0 saturated carbocycles. The van der Waals surface area contributed by atoms with E-state index in [0.717, 1.165) is 30.6 Å². The SMILES string of the molecule is NC(=O)C1CCCN(c2ccc(CNC(=O)c3ccncc3)cc2)C1. The van der Waals surface area contributed by atoms with Crippen LogP contribution in [0.4, 0.5) is 5.69 Å². The first kappa shape index (κ1) is 17.0. The first-order valence-corrected chi connectivity index (χ1v) is 8.45. The number of aromatic nitrogens is 1. The second-order valence-electron chi connectivity index (χ2n) is 6.27. The zero-order valence-corrected chi connectivity index (χ0v) is 14.0. The van der Waals surface area contributed by atoms with Gasteiger partial charge in [0.1, 0.15) is 0 Å². The number of piperidine rings is 1. The van der Waals surface area contributed by atoms with Gasteiger partial charge < -0.3 is 16.0 Å². The molecule has 3 rings (SSSR count). The van der Waals surface area contributed by atoms with Crippen molar-refractivity contribution in [2.45, 2.75) is 19.4 Å². The number of amides is 2. The predicted octanol–water partition coefficient (Wildman–Crippen LogP) is 1.71. The molecule has 0 radical (unpaired) electrons. The number of hydrogen-bond acceptors (Lipinski definition) is 4. The molecule has 0 bridgehead atoms. The molecular weight excluding hydrogens is 316 g/mol. The van der Waals surface area contributed by atoms with Gasteiger partial charge in [-0.05, 0) is 42.7 Å².